The number of halogens is 1. The van der Waals surface area contributed by atoms with Crippen LogP contribution in [0.2, 0.25) is 0 Å². The number of hydrogen-bond donors (Lipinski definition) is 2. The number of carbonyl (C=O) groups excluding carboxylic acids is 1. The first-order chi connectivity index (χ1) is 14.8. The number of anilines is 1. The van der Waals surface area contributed by atoms with Crippen LogP contribution in [0.3, 0.4) is 0 Å². The Morgan fingerprint density at radius 2 is 1.68 bits per heavy atom. The molecule has 0 aliphatic carbocycles. The van der Waals surface area contributed by atoms with E-state index < -0.39 is 32.9 Å². The minimum atomic E-state index is -0.811. The molecule has 0 fully saturated rings. The van der Waals surface area contributed by atoms with Crippen molar-refractivity contribution in [2.24, 2.45) is 0 Å². The maximum absolute atomic E-state index is 13.5. The van der Waals surface area contributed by atoms with Crippen LogP contribution in [0, 0.1) is 26.0 Å². The van der Waals surface area contributed by atoms with Crippen LogP contribution >= 0.6 is 0 Å². The zero-order valence-electron chi connectivity index (χ0n) is 15.5. The Morgan fingerprint density at radius 3 is 2.32 bits per heavy atom. The van der Waals surface area contributed by atoms with Gasteiger partial charge in [0, 0.05) is 23.4 Å². The number of amides is 1. The van der Waals surface area contributed by atoms with Gasteiger partial charge in [0.2, 0.25) is 0 Å². The standard InChI is InChI=1S/C20H12FN5O5/c21-13-3-1-2-11(6-13)19-23-17-5-4-14(9-18(17)24-19)22-20(27)12-7-15(25(28)29)10-16(8-12)26(30)31/h1-10H,(H,22,27)(H,23,24). The second kappa shape index (κ2) is 7.63. The van der Waals surface area contributed by atoms with Crippen LogP contribution in [0.4, 0.5) is 21.5 Å². The van der Waals surface area contributed by atoms with Crippen molar-refractivity contribution in [3.63, 3.8) is 0 Å². The van der Waals surface area contributed by atoms with Crippen molar-refractivity contribution in [1.82, 2.24) is 9.97 Å². The van der Waals surface area contributed by atoms with E-state index in [2.05, 4.69) is 15.3 Å². The number of nitrogens with one attached hydrogen (secondary N) is 2. The molecule has 1 aromatic heterocycles. The van der Waals surface area contributed by atoms with Crippen molar-refractivity contribution in [3.8, 4) is 11.4 Å². The highest BCUT2D eigenvalue weighted by Gasteiger charge is 2.20. The number of hydrogen-bond acceptors (Lipinski definition) is 6. The molecular weight excluding hydrogens is 409 g/mol. The Hall–Kier alpha value is -4.67. The van der Waals surface area contributed by atoms with Crippen molar-refractivity contribution >= 4 is 34.0 Å². The summed E-state index contributed by atoms with van der Waals surface area (Å²) in [5, 5.41) is 24.6. The molecule has 154 valence electrons. The van der Waals surface area contributed by atoms with Gasteiger partial charge in [-0.05, 0) is 30.3 Å². The number of nitrogens with zero attached hydrogens (tertiary/aromatic N) is 3. The van der Waals surface area contributed by atoms with E-state index in [9.17, 15) is 29.4 Å². The molecule has 11 heteroatoms. The van der Waals surface area contributed by atoms with Crippen LogP contribution in [0.15, 0.2) is 60.7 Å². The summed E-state index contributed by atoms with van der Waals surface area (Å²) in [4.78, 5) is 40.4. The predicted octanol–water partition coefficient (Wildman–Crippen LogP) is 4.44. The fourth-order valence-corrected chi connectivity index (χ4v) is 3.00. The summed E-state index contributed by atoms with van der Waals surface area (Å²) in [5.74, 6) is -0.722. The molecule has 10 nitrogen and oxygen atoms in total. The maximum atomic E-state index is 13.5. The number of H-pyrrole nitrogens is 1. The van der Waals surface area contributed by atoms with E-state index in [0.717, 1.165) is 18.2 Å². The number of fused-ring (bicyclic) bond motifs is 1. The Morgan fingerprint density at radius 1 is 0.968 bits per heavy atom. The lowest BCUT2D eigenvalue weighted by molar-refractivity contribution is -0.394. The monoisotopic (exact) mass is 421 g/mol. The van der Waals surface area contributed by atoms with Gasteiger partial charge in [-0.1, -0.05) is 12.1 Å². The van der Waals surface area contributed by atoms with E-state index in [1.165, 1.54) is 12.1 Å². The molecule has 2 N–H and O–H groups in total. The Bertz CT molecular complexity index is 1340. The van der Waals surface area contributed by atoms with Crippen molar-refractivity contribution in [2.75, 3.05) is 5.32 Å². The van der Waals surface area contributed by atoms with E-state index in [1.807, 2.05) is 0 Å². The van der Waals surface area contributed by atoms with E-state index in [4.69, 9.17) is 0 Å². The van der Waals surface area contributed by atoms with Crippen molar-refractivity contribution < 1.29 is 19.0 Å². The van der Waals surface area contributed by atoms with Gasteiger partial charge in [-0.15, -0.1) is 0 Å². The SMILES string of the molecule is O=C(Nc1ccc2nc(-c3cccc(F)c3)[nH]c2c1)c1cc([N+](=O)[O-])cc([N+](=O)[O-])c1. The summed E-state index contributed by atoms with van der Waals surface area (Å²) in [6.07, 6.45) is 0. The van der Waals surface area contributed by atoms with Crippen molar-refractivity contribution in [2.45, 2.75) is 0 Å². The molecule has 0 unspecified atom stereocenters. The first-order valence-corrected chi connectivity index (χ1v) is 8.81. The van der Waals surface area contributed by atoms with Crippen molar-refractivity contribution in [1.29, 1.82) is 0 Å². The van der Waals surface area contributed by atoms with Gasteiger partial charge in [0.25, 0.3) is 17.3 Å². The lowest BCUT2D eigenvalue weighted by atomic mass is 10.1. The zero-order chi connectivity index (χ0) is 22.1. The van der Waals surface area contributed by atoms with Crippen LogP contribution in [-0.4, -0.2) is 25.7 Å². The summed E-state index contributed by atoms with van der Waals surface area (Å²) in [6, 6.07) is 13.4. The number of aromatic nitrogens is 2. The molecule has 0 bridgehead atoms. The van der Waals surface area contributed by atoms with Crippen LogP contribution in [-0.2, 0) is 0 Å². The summed E-state index contributed by atoms with van der Waals surface area (Å²) in [7, 11) is 0. The molecule has 0 spiro atoms. The largest absolute Gasteiger partial charge is 0.338 e. The molecule has 4 rings (SSSR count). The molecule has 0 saturated carbocycles. The highest BCUT2D eigenvalue weighted by molar-refractivity contribution is 6.05. The van der Waals surface area contributed by atoms with Crippen LogP contribution in [0.25, 0.3) is 22.4 Å². The Kier molecular flexibility index (Phi) is 4.83. The van der Waals surface area contributed by atoms with Gasteiger partial charge in [0.1, 0.15) is 11.6 Å². The number of aromatic amines is 1. The fraction of sp³-hybridized carbons (Fsp3) is 0. The molecule has 0 radical (unpaired) electrons. The summed E-state index contributed by atoms with van der Waals surface area (Å²) < 4.78 is 13.5. The molecule has 3 aromatic carbocycles. The summed E-state index contributed by atoms with van der Waals surface area (Å²) >= 11 is 0. The van der Waals surface area contributed by atoms with E-state index in [-0.39, 0.29) is 5.56 Å². The number of rotatable bonds is 5. The first-order valence-electron chi connectivity index (χ1n) is 8.81. The Balaban J connectivity index is 1.63. The number of nitro benzene ring substituents is 2. The molecule has 0 aliphatic heterocycles. The number of non-ortho nitro benzene ring substituents is 2. The minimum absolute atomic E-state index is 0.231. The molecule has 0 saturated heterocycles. The smallest absolute Gasteiger partial charge is 0.277 e. The van der Waals surface area contributed by atoms with Gasteiger partial charge in [-0.3, -0.25) is 25.0 Å². The minimum Gasteiger partial charge on any atom is -0.338 e. The fourth-order valence-electron chi connectivity index (χ4n) is 3.00. The van der Waals surface area contributed by atoms with Gasteiger partial charge in [0.15, 0.2) is 0 Å². The third-order valence-electron chi connectivity index (χ3n) is 4.42. The van der Waals surface area contributed by atoms with Gasteiger partial charge in [0.05, 0.1) is 32.5 Å². The highest BCUT2D eigenvalue weighted by Crippen LogP contribution is 2.26. The van der Waals surface area contributed by atoms with Crippen molar-refractivity contribution in [3.05, 3.63) is 92.3 Å². The predicted molar refractivity (Wildman–Crippen MR) is 109 cm³/mol. The molecule has 0 aliphatic rings. The average Bonchev–Trinajstić information content (AvgIpc) is 3.17. The van der Waals surface area contributed by atoms with Crippen LogP contribution in [0.5, 0.6) is 0 Å². The number of imidazole rings is 1. The zero-order valence-corrected chi connectivity index (χ0v) is 15.5. The van der Waals surface area contributed by atoms with E-state index >= 15 is 0 Å². The van der Waals surface area contributed by atoms with E-state index in [1.54, 1.807) is 30.3 Å². The first kappa shape index (κ1) is 19.6. The number of carbonyl (C=O) groups is 1. The molecule has 1 heterocycles. The molecule has 31 heavy (non-hydrogen) atoms. The third kappa shape index (κ3) is 4.05. The average molecular weight is 421 g/mol. The van der Waals surface area contributed by atoms with Gasteiger partial charge in [-0.25, -0.2) is 9.37 Å². The van der Waals surface area contributed by atoms with Gasteiger partial charge < -0.3 is 10.3 Å². The van der Waals surface area contributed by atoms with Crippen LogP contribution < -0.4 is 5.32 Å². The second-order valence-electron chi connectivity index (χ2n) is 6.53. The van der Waals surface area contributed by atoms with Crippen LogP contribution in [0.1, 0.15) is 10.4 Å². The van der Waals surface area contributed by atoms with Gasteiger partial charge >= 0.3 is 0 Å². The maximum Gasteiger partial charge on any atom is 0.277 e. The van der Waals surface area contributed by atoms with E-state index in [0.29, 0.717) is 28.1 Å². The topological polar surface area (TPSA) is 144 Å². The molecular formula is C20H12FN5O5. The molecule has 1 amide bonds. The number of nitro groups is 2. The normalized spacial score (nSPS) is 10.7. The quantitative estimate of drug-likeness (QED) is 0.360. The second-order valence-corrected chi connectivity index (χ2v) is 6.53. The summed E-state index contributed by atoms with van der Waals surface area (Å²) in [6.45, 7) is 0. The summed E-state index contributed by atoms with van der Waals surface area (Å²) in [5.41, 5.74) is 0.648. The third-order valence-corrected chi connectivity index (χ3v) is 4.42. The highest BCUT2D eigenvalue weighted by atomic mass is 19.1. The molecule has 4 aromatic rings. The number of benzene rings is 3. The lowest BCUT2D eigenvalue weighted by Crippen LogP contribution is -2.12. The van der Waals surface area contributed by atoms with Gasteiger partial charge in [-0.2, -0.15) is 0 Å². The Labute approximate surface area is 172 Å². The lowest BCUT2D eigenvalue weighted by Gasteiger charge is -2.05. The molecule has 0 atom stereocenters.